The van der Waals surface area contributed by atoms with Gasteiger partial charge in [-0.1, -0.05) is 57.5 Å². The van der Waals surface area contributed by atoms with Crippen molar-refractivity contribution >= 4 is 25.7 Å². The molecule has 0 saturated heterocycles. The first kappa shape index (κ1) is 30.5. The van der Waals surface area contributed by atoms with Crippen molar-refractivity contribution in [2.24, 2.45) is 0 Å². The summed E-state index contributed by atoms with van der Waals surface area (Å²) >= 11 is 6.03. The van der Waals surface area contributed by atoms with E-state index in [2.05, 4.69) is 39.0 Å². The molecule has 216 valence electrons. The number of carbonyl (C=O) groups is 1. The molecule has 2 aromatic carbocycles. The van der Waals surface area contributed by atoms with Gasteiger partial charge in [0.1, 0.15) is 11.6 Å². The van der Waals surface area contributed by atoms with Gasteiger partial charge in [-0.2, -0.15) is 18.3 Å². The number of aromatic nitrogens is 2. The number of Topliss-reactive ketones (excluding diaryl/α,β-unsaturated/α-hetero) is 1. The molecule has 0 aliphatic heterocycles. The van der Waals surface area contributed by atoms with Crippen LogP contribution >= 0.6 is 11.6 Å². The fourth-order valence-corrected chi connectivity index (χ4v) is 6.35. The lowest BCUT2D eigenvalue weighted by atomic mass is 9.92. The van der Waals surface area contributed by atoms with Crippen LogP contribution in [0.15, 0.2) is 48.5 Å². The first-order valence-electron chi connectivity index (χ1n) is 13.4. The Balaban J connectivity index is 1.50. The van der Waals surface area contributed by atoms with Gasteiger partial charge in [0.05, 0.1) is 11.3 Å². The summed E-state index contributed by atoms with van der Waals surface area (Å²) < 4.78 is 63.5. The average Bonchev–Trinajstić information content (AvgIpc) is 3.46. The third-order valence-corrected chi connectivity index (χ3v) is 12.9. The summed E-state index contributed by atoms with van der Waals surface area (Å²) in [7, 11) is -2.13. The maximum absolute atomic E-state index is 15.4. The van der Waals surface area contributed by atoms with Crippen molar-refractivity contribution in [2.75, 3.05) is 0 Å². The molecule has 1 atom stereocenters. The zero-order chi connectivity index (χ0) is 29.7. The van der Waals surface area contributed by atoms with Crippen LogP contribution in [0.1, 0.15) is 75.4 Å². The first-order chi connectivity index (χ1) is 18.4. The second-order valence-corrected chi connectivity index (χ2v) is 17.4. The number of halogens is 5. The maximum Gasteiger partial charge on any atom is 0.435 e. The summed E-state index contributed by atoms with van der Waals surface area (Å²) in [6, 6.07) is 12.2. The fraction of sp³-hybridized carbons (Fsp3) is 0.467. The summed E-state index contributed by atoms with van der Waals surface area (Å²) in [5.41, 5.74) is -0.0253. The summed E-state index contributed by atoms with van der Waals surface area (Å²) in [4.78, 5) is 13.1. The molecule has 1 aliphatic carbocycles. The molecule has 3 aromatic rings. The Morgan fingerprint density at radius 3 is 2.35 bits per heavy atom. The van der Waals surface area contributed by atoms with Crippen molar-refractivity contribution in [1.82, 2.24) is 9.78 Å². The van der Waals surface area contributed by atoms with E-state index in [0.717, 1.165) is 18.9 Å². The normalized spacial score (nSPS) is 16.2. The van der Waals surface area contributed by atoms with Crippen molar-refractivity contribution in [3.8, 4) is 5.69 Å². The highest BCUT2D eigenvalue weighted by atomic mass is 35.5. The summed E-state index contributed by atoms with van der Waals surface area (Å²) in [5.74, 6) is -1.25. The molecule has 0 radical (unpaired) electrons. The molecule has 4 nitrogen and oxygen atoms in total. The van der Waals surface area contributed by atoms with Crippen LogP contribution in [0.3, 0.4) is 0 Å². The zero-order valence-electron chi connectivity index (χ0n) is 23.6. The monoisotopic (exact) mass is 594 g/mol. The predicted octanol–water partition coefficient (Wildman–Crippen LogP) is 9.00. The smallest absolute Gasteiger partial charge is 0.407 e. The van der Waals surface area contributed by atoms with Crippen molar-refractivity contribution in [2.45, 2.75) is 89.2 Å². The van der Waals surface area contributed by atoms with Gasteiger partial charge in [-0.25, -0.2) is 9.07 Å². The molecule has 1 unspecified atom stereocenters. The second-order valence-electron chi connectivity index (χ2n) is 12.2. The van der Waals surface area contributed by atoms with Crippen LogP contribution in [0.5, 0.6) is 0 Å². The molecule has 0 N–H and O–H groups in total. The van der Waals surface area contributed by atoms with E-state index < -0.39 is 37.5 Å². The topological polar surface area (TPSA) is 44.1 Å². The van der Waals surface area contributed by atoms with Gasteiger partial charge >= 0.3 is 6.18 Å². The van der Waals surface area contributed by atoms with Gasteiger partial charge in [-0.15, -0.1) is 0 Å². The highest BCUT2D eigenvalue weighted by Gasteiger charge is 2.53. The zero-order valence-corrected chi connectivity index (χ0v) is 25.4. The molecule has 4 rings (SSSR count). The van der Waals surface area contributed by atoms with Crippen LogP contribution in [0.25, 0.3) is 5.69 Å². The number of rotatable bonds is 9. The Morgan fingerprint density at radius 1 is 1.12 bits per heavy atom. The van der Waals surface area contributed by atoms with Crippen LogP contribution in [-0.2, 0) is 27.4 Å². The van der Waals surface area contributed by atoms with Gasteiger partial charge in [-0.3, -0.25) is 4.79 Å². The van der Waals surface area contributed by atoms with E-state index in [4.69, 9.17) is 16.0 Å². The predicted molar refractivity (Wildman–Crippen MR) is 151 cm³/mol. The molecular weight excluding hydrogens is 560 g/mol. The maximum atomic E-state index is 15.4. The number of carbonyl (C=O) groups excluding carboxylic acids is 1. The van der Waals surface area contributed by atoms with E-state index in [1.165, 1.54) is 16.8 Å². The lowest BCUT2D eigenvalue weighted by Gasteiger charge is -2.40. The van der Waals surface area contributed by atoms with Crippen molar-refractivity contribution in [3.63, 3.8) is 0 Å². The lowest BCUT2D eigenvalue weighted by Crippen LogP contribution is -2.44. The number of hydrogen-bond acceptors (Lipinski definition) is 3. The Bertz CT molecular complexity index is 1410. The van der Waals surface area contributed by atoms with E-state index in [1.807, 2.05) is 0 Å². The Morgan fingerprint density at radius 2 is 1.80 bits per heavy atom. The minimum absolute atomic E-state index is 0.0110. The standard InChI is InChI=1S/C30H35ClF4N2O2Si/c1-19(20-10-12-24(25(32)16-20)29(14-15-29)39-40(5,6)28(2,3)4)26(38)13-11-23-18-27(30(33,34)35)36-37(23)22-9-7-8-21(31)17-22/h7-10,12,16-19H,11,13-15H2,1-6H3. The molecule has 1 saturated carbocycles. The van der Waals surface area contributed by atoms with E-state index in [9.17, 15) is 18.0 Å². The molecule has 10 heteroatoms. The van der Waals surface area contributed by atoms with Gasteiger partial charge in [0.2, 0.25) is 0 Å². The van der Waals surface area contributed by atoms with Gasteiger partial charge in [0.25, 0.3) is 0 Å². The average molecular weight is 595 g/mol. The highest BCUT2D eigenvalue weighted by Crippen LogP contribution is 2.54. The van der Waals surface area contributed by atoms with E-state index >= 15 is 4.39 Å². The third-order valence-electron chi connectivity index (χ3n) is 8.18. The number of ketones is 1. The van der Waals surface area contributed by atoms with E-state index in [-0.39, 0.29) is 29.4 Å². The quantitative estimate of drug-likeness (QED) is 0.183. The van der Waals surface area contributed by atoms with Gasteiger partial charge in [0.15, 0.2) is 14.0 Å². The molecule has 1 heterocycles. The largest absolute Gasteiger partial charge is 0.435 e. The third kappa shape index (κ3) is 6.36. The molecule has 0 spiro atoms. The Hall–Kier alpha value is -2.49. The molecule has 1 aromatic heterocycles. The van der Waals surface area contributed by atoms with Crippen LogP contribution in [0.2, 0.25) is 23.2 Å². The summed E-state index contributed by atoms with van der Waals surface area (Å²) in [6.45, 7) is 12.4. The van der Waals surface area contributed by atoms with E-state index in [1.54, 1.807) is 37.3 Å². The number of nitrogens with zero attached hydrogens (tertiary/aromatic N) is 2. The van der Waals surface area contributed by atoms with Crippen LogP contribution in [0, 0.1) is 5.82 Å². The van der Waals surface area contributed by atoms with Crippen LogP contribution in [-0.4, -0.2) is 23.9 Å². The van der Waals surface area contributed by atoms with Gasteiger partial charge < -0.3 is 4.43 Å². The number of aryl methyl sites for hydroxylation is 1. The highest BCUT2D eigenvalue weighted by molar-refractivity contribution is 6.74. The molecule has 40 heavy (non-hydrogen) atoms. The Labute approximate surface area is 238 Å². The van der Waals surface area contributed by atoms with Gasteiger partial charge in [0, 0.05) is 28.6 Å². The molecule has 1 fully saturated rings. The number of hydrogen-bond donors (Lipinski definition) is 0. The fourth-order valence-electron chi connectivity index (χ4n) is 4.57. The SMILES string of the molecule is CC(C(=O)CCc1cc(C(F)(F)F)nn1-c1cccc(Cl)c1)c1ccc(C2(O[Si](C)(C)C(C)(C)C)CC2)c(F)c1. The van der Waals surface area contributed by atoms with Crippen molar-refractivity contribution in [1.29, 1.82) is 0 Å². The van der Waals surface area contributed by atoms with Gasteiger partial charge in [-0.05, 0) is 73.3 Å². The first-order valence-corrected chi connectivity index (χ1v) is 16.7. The lowest BCUT2D eigenvalue weighted by molar-refractivity contribution is -0.141. The second kappa shape index (κ2) is 10.7. The van der Waals surface area contributed by atoms with Crippen LogP contribution in [0.4, 0.5) is 17.6 Å². The summed E-state index contributed by atoms with van der Waals surface area (Å²) in [5, 5.41) is 4.07. The number of benzene rings is 2. The van der Waals surface area contributed by atoms with E-state index in [0.29, 0.717) is 21.8 Å². The molecule has 1 aliphatic rings. The minimum Gasteiger partial charge on any atom is -0.407 e. The minimum atomic E-state index is -4.64. The van der Waals surface area contributed by atoms with Crippen molar-refractivity contribution in [3.05, 3.63) is 81.9 Å². The van der Waals surface area contributed by atoms with Crippen molar-refractivity contribution < 1.29 is 26.8 Å². The number of alkyl halides is 3. The Kier molecular flexibility index (Phi) is 8.17. The summed E-state index contributed by atoms with van der Waals surface area (Å²) in [6.07, 6.45) is -3.13. The van der Waals surface area contributed by atoms with Crippen LogP contribution < -0.4 is 0 Å². The molecule has 0 amide bonds. The molecule has 0 bridgehead atoms. The molecular formula is C30H35ClF4N2O2Si.